The van der Waals surface area contributed by atoms with Crippen LogP contribution in [-0.2, 0) is 0 Å². The van der Waals surface area contributed by atoms with Gasteiger partial charge in [0.25, 0.3) is 0 Å². The molecule has 0 unspecified atom stereocenters. The topological polar surface area (TPSA) is 400 Å². The number of fused-ring (bicyclic) bond motifs is 72. The van der Waals surface area contributed by atoms with Crippen molar-refractivity contribution < 1.29 is 14.2 Å². The fraction of sp³-hybridized carbons (Fsp3) is 0. The average Bonchev–Trinajstić information content (AvgIpc) is 1.53. The summed E-state index contributed by atoms with van der Waals surface area (Å²) in [6.07, 6.45) is 0. The van der Waals surface area contributed by atoms with Crippen LogP contribution in [-0.4, -0.2) is 141 Å². The lowest BCUT2D eigenvalue weighted by molar-refractivity contribution is 0.483. The normalized spacial score (nSPS) is 13.3. The highest BCUT2D eigenvalue weighted by atomic mass is 16.5. The number of hydrogen-bond donors (Lipinski definition) is 9. The van der Waals surface area contributed by atoms with Crippen molar-refractivity contribution in [2.24, 2.45) is 0 Å². The number of rotatable bonds is 6. The molecule has 9 aromatic heterocycles. The van der Waals surface area contributed by atoms with E-state index in [0.29, 0.717) is 189 Å². The monoisotopic (exact) mass is 1930 g/mol. The van der Waals surface area contributed by atoms with Crippen LogP contribution in [0.25, 0.3) is 269 Å². The molecule has 24 bridgehead atoms. The van der Waals surface area contributed by atoms with E-state index in [2.05, 4.69) is 96.2 Å². The van der Waals surface area contributed by atoms with Gasteiger partial charge in [-0.15, -0.1) is 0 Å². The van der Waals surface area contributed by atoms with E-state index in [1.807, 2.05) is 291 Å². The highest BCUT2D eigenvalue weighted by molar-refractivity contribution is 7.10. The van der Waals surface area contributed by atoms with Gasteiger partial charge < -0.3 is 74.0 Å². The van der Waals surface area contributed by atoms with Crippen LogP contribution < -0.4 is 44.1 Å². The Labute approximate surface area is 845 Å². The van der Waals surface area contributed by atoms with E-state index >= 15 is 0 Å². The molecule has 0 spiro atoms. The van der Waals surface area contributed by atoms with Crippen molar-refractivity contribution in [2.75, 3.05) is 29.8 Å². The van der Waals surface area contributed by atoms with Gasteiger partial charge in [0.05, 0.1) is 17.1 Å². The molecule has 1 fully saturated rings. The number of aromatic nitrogens is 24. The van der Waals surface area contributed by atoms with Crippen LogP contribution in [0.3, 0.4) is 0 Å². The van der Waals surface area contributed by atoms with Gasteiger partial charge >= 0.3 is 21.4 Å². The number of nitrogens with one attached hydrogen (secondary N) is 9. The fourth-order valence-corrected chi connectivity index (χ4v) is 22.6. The van der Waals surface area contributed by atoms with Gasteiger partial charge in [0.1, 0.15) is 102 Å². The Balaban J connectivity index is 0.482. The van der Waals surface area contributed by atoms with Crippen molar-refractivity contribution in [3.05, 3.63) is 328 Å². The number of H-pyrrole nitrogens is 6. The first kappa shape index (κ1) is 80.3. The van der Waals surface area contributed by atoms with Crippen molar-refractivity contribution in [1.82, 2.24) is 120 Å². The number of anilines is 6. The summed E-state index contributed by atoms with van der Waals surface area (Å²) in [4.78, 5) is 116. The van der Waals surface area contributed by atoms with Gasteiger partial charge in [0.2, 0.25) is 0 Å². The van der Waals surface area contributed by atoms with Crippen LogP contribution in [0.5, 0.6) is 34.5 Å². The summed E-state index contributed by atoms with van der Waals surface area (Å²) < 4.78 is 28.4. The van der Waals surface area contributed by atoms with Crippen LogP contribution in [0.1, 0.15) is 0 Å². The van der Waals surface area contributed by atoms with Gasteiger partial charge in [-0.3, -0.25) is 0 Å². The molecular formula is C114H63B3N30O3. The average molecular weight is 1930 g/mol. The molecule has 9 N–H and O–H groups in total. The molecule has 10 aliphatic rings. The molecule has 150 heavy (non-hydrogen) atoms. The SMILES string of the molecule is c1ccc2c(c1)-c1nc-2nc2[nH]c(nc3nc(nc4[nH]c(n1)c1ccccc41)-c1ccc(Oc4ccc5c(c4)NB4N5B5Nc6cc(Oc7ccc8c(c7)-c7nc-8nc8[nH]c(nc9nc(nc%10[nH]c(n7)c7ccccc%107)-c7ccccc7-9)c7ccccc87)ccc6N5B5Nc6cc(Oc7ccc8c(c7)-c7nc-8nc8[nH]c(nc9nc(nc%10[nH]c(n7)c7ccccc%107)-c7ccccc7-9)c7ccccc87)ccc6N45)cc1-3)c1ccccc21. The maximum atomic E-state index is 7.09. The number of benzene rings is 15. The summed E-state index contributed by atoms with van der Waals surface area (Å²) in [5, 5.41) is 22.4. The zero-order chi connectivity index (χ0) is 97.5. The molecule has 24 aromatic rings. The fourth-order valence-electron chi connectivity index (χ4n) is 22.6. The van der Waals surface area contributed by atoms with Gasteiger partial charge in [0.15, 0.2) is 69.9 Å². The lowest BCUT2D eigenvalue weighted by Gasteiger charge is -2.46. The molecule has 1 saturated heterocycles. The molecule has 0 amide bonds. The number of ether oxygens (including phenoxy) is 3. The third-order valence-electron chi connectivity index (χ3n) is 29.5. The Morgan fingerprint density at radius 1 is 0.153 bits per heavy atom. The van der Waals surface area contributed by atoms with Crippen molar-refractivity contribution >= 4 is 188 Å². The molecule has 0 aliphatic carbocycles. The zero-order valence-electron chi connectivity index (χ0n) is 78.0. The van der Waals surface area contributed by atoms with Crippen molar-refractivity contribution in [3.63, 3.8) is 0 Å². The maximum Gasteiger partial charge on any atom is 0.482 e. The second kappa shape index (κ2) is 30.2. The summed E-state index contributed by atoms with van der Waals surface area (Å²) >= 11 is 0. The molecule has 15 aromatic carbocycles. The van der Waals surface area contributed by atoms with Gasteiger partial charge in [-0.2, -0.15) is 0 Å². The predicted molar refractivity (Wildman–Crippen MR) is 583 cm³/mol. The second-order valence-corrected chi connectivity index (χ2v) is 38.0. The molecule has 0 radical (unpaired) electrons. The summed E-state index contributed by atoms with van der Waals surface area (Å²) in [5.74, 6) is 9.20. The van der Waals surface area contributed by atoms with Crippen molar-refractivity contribution in [3.8, 4) is 171 Å². The Bertz CT molecular complexity index is 9900. The minimum Gasteiger partial charge on any atom is -0.457 e. The van der Waals surface area contributed by atoms with Crippen molar-refractivity contribution in [2.45, 2.75) is 0 Å². The standard InChI is InChI=1S/C114H63B3N30O3/c1-4-22-64-61(19-1)91-118-94(64)124-100-73-31-13-16-34-76(73)106(130-100)136-112-82-49-55(37-43-79(82)109(139-112)133-103-70-28-10-7-25-67(70)97(121-91)127-103)148-58-40-46-88-85(52-58)142-115-145(88)116-143-87-54-60(150-57-39-45-81-84(51-57)114-138-108-78-36-18-15-33-75(78)102(132-108)126-96-66-24-6-3-21-63(66)93(120-96)123-99-69-27-9-12-30-72(69)105(129-99)135-111(81)141-114)42-48-90(87)147(116)117-144-86-53-59(41-47-89(86)146(115)117)149-56-38-44-80-83(50-56)113-137-107-77-35-17-14-32-74(77)101(131-107)125-95-65-23-5-2-20-62(65)92(119-95)122-98-68-26-8-11-29-71(68)104(128-98)134-110(80)140-113/h1-54,142-144H,(H2,118,121,124,127,130,133,136,139)(H2,119,122,125,128,131,134,137,140)(H2,120,123,126,129,132,135,138,141). The Morgan fingerprint density at radius 2 is 0.307 bits per heavy atom. The molecule has 0 saturated carbocycles. The first-order valence-corrected chi connectivity index (χ1v) is 49.0. The summed E-state index contributed by atoms with van der Waals surface area (Å²) in [7, 11) is -1.50. The Morgan fingerprint density at radius 3 is 0.493 bits per heavy atom. The summed E-state index contributed by atoms with van der Waals surface area (Å²) in [5.41, 5.74) is 21.8. The van der Waals surface area contributed by atoms with E-state index in [0.717, 1.165) is 149 Å². The van der Waals surface area contributed by atoms with Crippen molar-refractivity contribution in [1.29, 1.82) is 0 Å². The van der Waals surface area contributed by atoms with Gasteiger partial charge in [0, 0.05) is 167 Å². The van der Waals surface area contributed by atoms with E-state index in [1.165, 1.54) is 0 Å². The molecule has 10 aliphatic heterocycles. The van der Waals surface area contributed by atoms with Gasteiger partial charge in [-0.1, -0.05) is 218 Å². The third-order valence-corrected chi connectivity index (χ3v) is 29.5. The second-order valence-electron chi connectivity index (χ2n) is 38.0. The lowest BCUT2D eigenvalue weighted by Crippen LogP contribution is -2.80. The quantitative estimate of drug-likeness (QED) is 0.0698. The highest BCUT2D eigenvalue weighted by Gasteiger charge is 2.64. The number of hydrogen-bond acceptors (Lipinski definition) is 27. The van der Waals surface area contributed by atoms with Gasteiger partial charge in [-0.05, 0) is 91.0 Å². The van der Waals surface area contributed by atoms with E-state index in [-0.39, 0.29) is 0 Å². The molecule has 34 rings (SSSR count). The van der Waals surface area contributed by atoms with Crippen LogP contribution in [0.15, 0.2) is 328 Å². The molecular weight excluding hydrogens is 1870 g/mol. The molecule has 36 heteroatoms. The van der Waals surface area contributed by atoms with Crippen LogP contribution >= 0.6 is 0 Å². The van der Waals surface area contributed by atoms with Gasteiger partial charge in [-0.25, -0.2) is 89.7 Å². The number of nitrogens with zero attached hydrogens (tertiary/aromatic N) is 21. The first-order valence-electron chi connectivity index (χ1n) is 49.0. The van der Waals surface area contributed by atoms with Crippen LogP contribution in [0, 0.1) is 0 Å². The van der Waals surface area contributed by atoms with E-state index in [4.69, 9.17) is 104 Å². The molecule has 696 valence electrons. The molecule has 19 heterocycles. The minimum atomic E-state index is -0.499. The predicted octanol–water partition coefficient (Wildman–Crippen LogP) is 23.7. The zero-order valence-corrected chi connectivity index (χ0v) is 78.0. The number of aromatic amines is 6. The lowest BCUT2D eigenvalue weighted by atomic mass is 9.58. The summed E-state index contributed by atoms with van der Waals surface area (Å²) in [6, 6.07) is 109. The summed E-state index contributed by atoms with van der Waals surface area (Å²) in [6.45, 7) is 0. The third kappa shape index (κ3) is 12.1. The Hall–Kier alpha value is -21.2. The smallest absolute Gasteiger partial charge is 0.457 e. The van der Waals surface area contributed by atoms with E-state index in [1.54, 1.807) is 0 Å². The van der Waals surface area contributed by atoms with E-state index in [9.17, 15) is 0 Å². The highest BCUT2D eigenvalue weighted by Crippen LogP contribution is 2.54. The molecule has 33 nitrogen and oxygen atoms in total. The molecule has 0 atom stereocenters. The minimum absolute atomic E-state index is 0.427. The van der Waals surface area contributed by atoms with E-state index < -0.39 is 21.4 Å². The Kier molecular flexibility index (Phi) is 16.2. The van der Waals surface area contributed by atoms with Crippen LogP contribution in [0.2, 0.25) is 0 Å². The maximum absolute atomic E-state index is 7.09. The van der Waals surface area contributed by atoms with Crippen LogP contribution in [0.4, 0.5) is 34.1 Å². The first-order chi connectivity index (χ1) is 74.1. The largest absolute Gasteiger partial charge is 0.482 e.